The van der Waals surface area contributed by atoms with Gasteiger partial charge in [-0.3, -0.25) is 30.0 Å². The molecule has 2 aromatic heterocycles. The molecule has 0 atom stereocenters. The van der Waals surface area contributed by atoms with Crippen molar-refractivity contribution in [1.82, 2.24) is 20.4 Å². The van der Waals surface area contributed by atoms with Gasteiger partial charge in [-0.1, -0.05) is 0 Å². The lowest BCUT2D eigenvalue weighted by molar-refractivity contribution is 0.0846. The number of benzene rings is 1. The van der Waals surface area contributed by atoms with Crippen LogP contribution in [0.5, 0.6) is 0 Å². The first-order valence-corrected chi connectivity index (χ1v) is 7.84. The Bertz CT molecular complexity index is 1120. The summed E-state index contributed by atoms with van der Waals surface area (Å²) in [6, 6.07) is 5.98. The average Bonchev–Trinajstić information content (AvgIpc) is 3.06. The van der Waals surface area contributed by atoms with Crippen molar-refractivity contribution in [3.05, 3.63) is 68.1 Å². The van der Waals surface area contributed by atoms with Gasteiger partial charge in [-0.05, 0) is 38.1 Å². The third kappa shape index (κ3) is 3.02. The van der Waals surface area contributed by atoms with Gasteiger partial charge in [-0.2, -0.15) is 0 Å². The number of furan rings is 1. The number of hydrogen-bond acceptors (Lipinski definition) is 5. The molecule has 0 spiro atoms. The largest absolute Gasteiger partial charge is 0.469 e. The first kappa shape index (κ1) is 17.2. The van der Waals surface area contributed by atoms with Gasteiger partial charge in [-0.25, -0.2) is 0 Å². The lowest BCUT2D eigenvalue weighted by Gasteiger charge is -2.10. The van der Waals surface area contributed by atoms with Crippen LogP contribution < -0.4 is 22.0 Å². The second-order valence-corrected chi connectivity index (χ2v) is 5.53. The van der Waals surface area contributed by atoms with Crippen LogP contribution in [0.15, 0.2) is 44.5 Å². The van der Waals surface area contributed by atoms with Crippen LogP contribution in [0.25, 0.3) is 11.0 Å². The lowest BCUT2D eigenvalue weighted by atomic mass is 10.2. The highest BCUT2D eigenvalue weighted by Gasteiger charge is 2.14. The Morgan fingerprint density at radius 3 is 2.54 bits per heavy atom. The minimum absolute atomic E-state index is 0.207. The Morgan fingerprint density at radius 1 is 1.15 bits per heavy atom. The van der Waals surface area contributed by atoms with Crippen LogP contribution in [0.4, 0.5) is 0 Å². The summed E-state index contributed by atoms with van der Waals surface area (Å²) < 4.78 is 6.35. The Morgan fingerprint density at radius 2 is 1.88 bits per heavy atom. The van der Waals surface area contributed by atoms with Crippen molar-refractivity contribution in [2.75, 3.05) is 0 Å². The van der Waals surface area contributed by atoms with E-state index >= 15 is 0 Å². The maximum atomic E-state index is 12.2. The van der Waals surface area contributed by atoms with Crippen LogP contribution in [0.1, 0.15) is 33.4 Å². The number of hydrogen-bond donors (Lipinski definition) is 3. The highest BCUT2D eigenvalue weighted by Crippen LogP contribution is 2.12. The minimum Gasteiger partial charge on any atom is -0.469 e. The van der Waals surface area contributed by atoms with Gasteiger partial charge in [0.2, 0.25) is 0 Å². The molecule has 0 radical (unpaired) electrons. The second-order valence-electron chi connectivity index (χ2n) is 5.53. The number of carbonyl (C=O) groups excluding carboxylic acids is 2. The summed E-state index contributed by atoms with van der Waals surface area (Å²) in [6.45, 7) is 3.70. The van der Waals surface area contributed by atoms with Gasteiger partial charge >= 0.3 is 11.1 Å². The molecular formula is C17H16N4O5. The molecule has 9 heteroatoms. The number of carbonyl (C=O) groups is 2. The van der Waals surface area contributed by atoms with E-state index in [9.17, 15) is 19.2 Å². The first-order chi connectivity index (χ1) is 12.4. The third-order valence-corrected chi connectivity index (χ3v) is 3.95. The van der Waals surface area contributed by atoms with Crippen LogP contribution in [0.3, 0.4) is 0 Å². The summed E-state index contributed by atoms with van der Waals surface area (Å²) in [7, 11) is 0. The fourth-order valence-corrected chi connectivity index (χ4v) is 2.61. The van der Waals surface area contributed by atoms with Gasteiger partial charge in [0.05, 0.1) is 22.9 Å². The van der Waals surface area contributed by atoms with Gasteiger partial charge in [0.1, 0.15) is 5.76 Å². The topological polar surface area (TPSA) is 126 Å². The van der Waals surface area contributed by atoms with Crippen molar-refractivity contribution >= 4 is 22.8 Å². The molecule has 2 amide bonds. The number of aryl methyl sites for hydroxylation is 2. The molecule has 0 aliphatic carbocycles. The van der Waals surface area contributed by atoms with Gasteiger partial charge in [0.15, 0.2) is 0 Å². The van der Waals surface area contributed by atoms with Crippen LogP contribution >= 0.6 is 0 Å². The van der Waals surface area contributed by atoms with Crippen molar-refractivity contribution in [3.8, 4) is 0 Å². The quantitative estimate of drug-likeness (QED) is 0.470. The summed E-state index contributed by atoms with van der Waals surface area (Å²) in [5.74, 6) is -0.660. The zero-order valence-corrected chi connectivity index (χ0v) is 14.1. The van der Waals surface area contributed by atoms with E-state index in [0.717, 1.165) is 0 Å². The van der Waals surface area contributed by atoms with E-state index in [1.54, 1.807) is 19.9 Å². The predicted molar refractivity (Wildman–Crippen MR) is 92.9 cm³/mol. The number of fused-ring (bicyclic) bond motifs is 1. The average molecular weight is 356 g/mol. The summed E-state index contributed by atoms with van der Waals surface area (Å²) in [5, 5.41) is 0. The second kappa shape index (κ2) is 6.71. The van der Waals surface area contributed by atoms with Crippen LogP contribution in [-0.2, 0) is 6.54 Å². The standard InChI is InChI=1S/C17H16N4O5/c1-3-21-13-5-4-10(8-12(13)18-16(24)17(21)25)14(22)19-20-15(23)11-6-7-26-9(11)2/h4-8H,3H2,1-2H3,(H,18,24)(H,19,22)(H,20,23). The Balaban J connectivity index is 1.84. The normalized spacial score (nSPS) is 10.7. The monoisotopic (exact) mass is 356 g/mol. The Kier molecular flexibility index (Phi) is 4.44. The van der Waals surface area contributed by atoms with Crippen molar-refractivity contribution in [3.63, 3.8) is 0 Å². The fraction of sp³-hybridized carbons (Fsp3) is 0.176. The molecule has 3 rings (SSSR count). The predicted octanol–water partition coefficient (Wildman–Crippen LogP) is 0.686. The number of aromatic amines is 1. The molecule has 26 heavy (non-hydrogen) atoms. The number of rotatable bonds is 3. The highest BCUT2D eigenvalue weighted by atomic mass is 16.3. The molecule has 0 fully saturated rings. The molecule has 1 aromatic carbocycles. The molecule has 0 saturated carbocycles. The zero-order chi connectivity index (χ0) is 18.8. The maximum Gasteiger partial charge on any atom is 0.316 e. The molecule has 0 unspecified atom stereocenters. The van der Waals surface area contributed by atoms with Crippen LogP contribution in [0.2, 0.25) is 0 Å². The van der Waals surface area contributed by atoms with E-state index in [2.05, 4.69) is 15.8 Å². The summed E-state index contributed by atoms with van der Waals surface area (Å²) in [5.41, 5.74) is 4.53. The molecule has 2 heterocycles. The minimum atomic E-state index is -0.763. The first-order valence-electron chi connectivity index (χ1n) is 7.84. The third-order valence-electron chi connectivity index (χ3n) is 3.95. The van der Waals surface area contributed by atoms with E-state index in [1.165, 1.54) is 29.0 Å². The number of nitrogens with one attached hydrogen (secondary N) is 3. The van der Waals surface area contributed by atoms with Crippen molar-refractivity contribution in [2.24, 2.45) is 0 Å². The van der Waals surface area contributed by atoms with E-state index < -0.39 is 22.9 Å². The zero-order valence-electron chi connectivity index (χ0n) is 14.1. The Hall–Kier alpha value is -3.62. The van der Waals surface area contributed by atoms with Gasteiger partial charge in [-0.15, -0.1) is 0 Å². The Labute approximate surface area is 146 Å². The molecule has 3 N–H and O–H groups in total. The van der Waals surface area contributed by atoms with E-state index in [-0.39, 0.29) is 5.56 Å². The molecule has 0 bridgehead atoms. The van der Waals surface area contributed by atoms with Crippen molar-refractivity contribution in [1.29, 1.82) is 0 Å². The SMILES string of the molecule is CCn1c(=O)c(=O)[nH]c2cc(C(=O)NNC(=O)c3ccoc3C)ccc21. The number of nitrogens with zero attached hydrogens (tertiary/aromatic N) is 1. The van der Waals surface area contributed by atoms with Gasteiger partial charge in [0.25, 0.3) is 11.8 Å². The summed E-state index contributed by atoms with van der Waals surface area (Å²) in [6.07, 6.45) is 1.37. The van der Waals surface area contributed by atoms with E-state index in [1.807, 2.05) is 0 Å². The number of hydrazine groups is 1. The smallest absolute Gasteiger partial charge is 0.316 e. The summed E-state index contributed by atoms with van der Waals surface area (Å²) >= 11 is 0. The van der Waals surface area contributed by atoms with Gasteiger partial charge in [0, 0.05) is 12.1 Å². The molecule has 0 saturated heterocycles. The van der Waals surface area contributed by atoms with E-state index in [4.69, 9.17) is 4.42 Å². The fourth-order valence-electron chi connectivity index (χ4n) is 2.61. The molecule has 0 aliphatic rings. The number of aromatic nitrogens is 2. The van der Waals surface area contributed by atoms with Crippen LogP contribution in [0, 0.1) is 6.92 Å². The van der Waals surface area contributed by atoms with Crippen molar-refractivity contribution in [2.45, 2.75) is 20.4 Å². The molecule has 134 valence electrons. The van der Waals surface area contributed by atoms with Gasteiger partial charge < -0.3 is 14.0 Å². The molecule has 0 aliphatic heterocycles. The summed E-state index contributed by atoms with van der Waals surface area (Å²) in [4.78, 5) is 50.2. The van der Waals surface area contributed by atoms with E-state index in [0.29, 0.717) is 28.9 Å². The lowest BCUT2D eigenvalue weighted by Crippen LogP contribution is -2.41. The highest BCUT2D eigenvalue weighted by molar-refractivity contribution is 6.00. The number of H-pyrrole nitrogens is 1. The van der Waals surface area contributed by atoms with Crippen molar-refractivity contribution < 1.29 is 14.0 Å². The number of amides is 2. The molecule has 9 nitrogen and oxygen atoms in total. The molecular weight excluding hydrogens is 340 g/mol. The van der Waals surface area contributed by atoms with Crippen LogP contribution in [-0.4, -0.2) is 21.4 Å². The maximum absolute atomic E-state index is 12.2. The molecule has 3 aromatic rings.